The average Bonchev–Trinajstić information content (AvgIpc) is 3.18. The molecule has 158 valence electrons. The molecule has 2 aromatic carbocycles. The van der Waals surface area contributed by atoms with Crippen molar-refractivity contribution < 1.29 is 17.6 Å². The fourth-order valence-corrected chi connectivity index (χ4v) is 4.40. The van der Waals surface area contributed by atoms with Gasteiger partial charge in [-0.2, -0.15) is 0 Å². The number of carbonyl (C=O) groups is 1. The zero-order valence-corrected chi connectivity index (χ0v) is 18.5. The first kappa shape index (κ1) is 21.9. The molecule has 1 aromatic heterocycles. The fraction of sp³-hybridized carbons (Fsp3) is 0.200. The number of aromatic nitrogens is 1. The maximum atomic E-state index is 13.1. The second kappa shape index (κ2) is 8.50. The van der Waals surface area contributed by atoms with Gasteiger partial charge in [-0.05, 0) is 42.5 Å². The van der Waals surface area contributed by atoms with Gasteiger partial charge in [-0.3, -0.25) is 4.79 Å². The normalized spacial score (nSPS) is 11.5. The standard InChI is InChI=1S/C20H21FN4O3S2/c1-24(2)18-10-9-15(30(27,28)25(3)4)11-16(18)22-19(26)17-12-29-20(23-17)13-5-7-14(21)8-6-13/h5-12H,1-4H3,(H,22,26). The number of benzene rings is 2. The highest BCUT2D eigenvalue weighted by Crippen LogP contribution is 2.30. The number of nitrogens with one attached hydrogen (secondary N) is 1. The van der Waals surface area contributed by atoms with Gasteiger partial charge in [0, 0.05) is 39.1 Å². The van der Waals surface area contributed by atoms with Crippen molar-refractivity contribution in [2.45, 2.75) is 4.90 Å². The Morgan fingerprint density at radius 3 is 2.33 bits per heavy atom. The van der Waals surface area contributed by atoms with Crippen LogP contribution in [-0.4, -0.2) is 51.8 Å². The van der Waals surface area contributed by atoms with Crippen LogP contribution in [0.4, 0.5) is 15.8 Å². The molecule has 1 N–H and O–H groups in total. The Labute approximate surface area is 178 Å². The Kier molecular flexibility index (Phi) is 6.20. The summed E-state index contributed by atoms with van der Waals surface area (Å²) in [5, 5.41) is 4.94. The smallest absolute Gasteiger partial charge is 0.275 e. The number of hydrogen-bond acceptors (Lipinski definition) is 6. The number of carbonyl (C=O) groups excluding carboxylic acids is 1. The summed E-state index contributed by atoms with van der Waals surface area (Å²) in [5.74, 6) is -0.820. The van der Waals surface area contributed by atoms with Gasteiger partial charge in [-0.15, -0.1) is 11.3 Å². The van der Waals surface area contributed by atoms with Gasteiger partial charge >= 0.3 is 0 Å². The molecule has 3 aromatic rings. The summed E-state index contributed by atoms with van der Waals surface area (Å²) in [4.78, 5) is 18.9. The van der Waals surface area contributed by atoms with E-state index < -0.39 is 15.9 Å². The van der Waals surface area contributed by atoms with Crippen LogP contribution >= 0.6 is 11.3 Å². The van der Waals surface area contributed by atoms with Gasteiger partial charge in [0.05, 0.1) is 16.3 Å². The van der Waals surface area contributed by atoms with E-state index in [4.69, 9.17) is 0 Å². The number of anilines is 2. The molecule has 7 nitrogen and oxygen atoms in total. The molecule has 1 heterocycles. The van der Waals surface area contributed by atoms with Gasteiger partial charge in [0.25, 0.3) is 5.91 Å². The van der Waals surface area contributed by atoms with Gasteiger partial charge in [-0.25, -0.2) is 22.1 Å². The van der Waals surface area contributed by atoms with Gasteiger partial charge < -0.3 is 10.2 Å². The molecule has 0 fully saturated rings. The van der Waals surface area contributed by atoms with E-state index in [0.717, 1.165) is 4.31 Å². The van der Waals surface area contributed by atoms with Crippen LogP contribution in [0.5, 0.6) is 0 Å². The van der Waals surface area contributed by atoms with Crippen molar-refractivity contribution in [3.05, 3.63) is 59.4 Å². The van der Waals surface area contributed by atoms with E-state index >= 15 is 0 Å². The molecule has 0 spiro atoms. The maximum absolute atomic E-state index is 13.1. The van der Waals surface area contributed by atoms with E-state index in [1.807, 2.05) is 0 Å². The van der Waals surface area contributed by atoms with Crippen molar-refractivity contribution >= 4 is 38.6 Å². The van der Waals surface area contributed by atoms with Gasteiger partial charge in [0.15, 0.2) is 0 Å². The Morgan fingerprint density at radius 2 is 1.73 bits per heavy atom. The number of rotatable bonds is 6. The highest BCUT2D eigenvalue weighted by molar-refractivity contribution is 7.89. The molecule has 10 heteroatoms. The van der Waals surface area contributed by atoms with E-state index in [2.05, 4.69) is 10.3 Å². The zero-order chi connectivity index (χ0) is 22.1. The number of thiazole rings is 1. The summed E-state index contributed by atoms with van der Waals surface area (Å²) in [6.07, 6.45) is 0. The Balaban J connectivity index is 1.91. The molecule has 0 aliphatic heterocycles. The third-order valence-electron chi connectivity index (χ3n) is 4.30. The van der Waals surface area contributed by atoms with E-state index in [9.17, 15) is 17.6 Å². The highest BCUT2D eigenvalue weighted by atomic mass is 32.2. The predicted molar refractivity (Wildman–Crippen MR) is 117 cm³/mol. The van der Waals surface area contributed by atoms with Crippen LogP contribution in [0.1, 0.15) is 10.5 Å². The summed E-state index contributed by atoms with van der Waals surface area (Å²) >= 11 is 1.26. The van der Waals surface area contributed by atoms with Crippen molar-refractivity contribution in [3.8, 4) is 10.6 Å². The van der Waals surface area contributed by atoms with Crippen LogP contribution in [0, 0.1) is 5.82 Å². The molecule has 30 heavy (non-hydrogen) atoms. The van der Waals surface area contributed by atoms with Crippen LogP contribution in [0.3, 0.4) is 0 Å². The first-order chi connectivity index (χ1) is 14.1. The first-order valence-electron chi connectivity index (χ1n) is 8.86. The third-order valence-corrected chi connectivity index (χ3v) is 7.01. The maximum Gasteiger partial charge on any atom is 0.275 e. The summed E-state index contributed by atoms with van der Waals surface area (Å²) < 4.78 is 39.2. The van der Waals surface area contributed by atoms with Crippen LogP contribution in [0.2, 0.25) is 0 Å². The molecule has 0 aliphatic rings. The lowest BCUT2D eigenvalue weighted by molar-refractivity contribution is 0.102. The molecule has 0 saturated heterocycles. The van der Waals surface area contributed by atoms with E-state index in [1.54, 1.807) is 42.6 Å². The Bertz CT molecular complexity index is 1170. The van der Waals surface area contributed by atoms with Crippen molar-refractivity contribution in [2.75, 3.05) is 38.4 Å². The second-order valence-corrected chi connectivity index (χ2v) is 9.87. The summed E-state index contributed by atoms with van der Waals surface area (Å²) in [7, 11) is 2.81. The largest absolute Gasteiger partial charge is 0.376 e. The monoisotopic (exact) mass is 448 g/mol. The SMILES string of the molecule is CN(C)c1ccc(S(=O)(=O)N(C)C)cc1NC(=O)c1csc(-c2ccc(F)cc2)n1. The van der Waals surface area contributed by atoms with Gasteiger partial charge in [0.2, 0.25) is 10.0 Å². The van der Waals surface area contributed by atoms with E-state index in [1.165, 1.54) is 49.7 Å². The molecular formula is C20H21FN4O3S2. The summed E-state index contributed by atoms with van der Waals surface area (Å²) in [6.45, 7) is 0. The molecule has 3 rings (SSSR count). The van der Waals surface area contributed by atoms with Gasteiger partial charge in [-0.1, -0.05) is 0 Å². The van der Waals surface area contributed by atoms with Gasteiger partial charge in [0.1, 0.15) is 16.5 Å². The molecule has 0 unspecified atom stereocenters. The Hall–Kier alpha value is -2.82. The third kappa shape index (κ3) is 4.50. The van der Waals surface area contributed by atoms with Crippen molar-refractivity contribution in [3.63, 3.8) is 0 Å². The number of halogens is 1. The topological polar surface area (TPSA) is 82.6 Å². The van der Waals surface area contributed by atoms with Crippen molar-refractivity contribution in [1.82, 2.24) is 9.29 Å². The first-order valence-corrected chi connectivity index (χ1v) is 11.2. The number of hydrogen-bond donors (Lipinski definition) is 1. The minimum Gasteiger partial charge on any atom is -0.376 e. The van der Waals surface area contributed by atoms with Crippen LogP contribution in [0.15, 0.2) is 52.7 Å². The van der Waals surface area contributed by atoms with E-state index in [0.29, 0.717) is 21.9 Å². The quantitative estimate of drug-likeness (QED) is 0.624. The molecule has 0 atom stereocenters. The second-order valence-electron chi connectivity index (χ2n) is 6.86. The molecule has 0 bridgehead atoms. The molecule has 0 aliphatic carbocycles. The lowest BCUT2D eigenvalue weighted by atomic mass is 10.2. The average molecular weight is 449 g/mol. The summed E-state index contributed by atoms with van der Waals surface area (Å²) in [5.41, 5.74) is 1.89. The molecule has 0 saturated carbocycles. The predicted octanol–water partition coefficient (Wildman–Crippen LogP) is 3.52. The van der Waals surface area contributed by atoms with Crippen LogP contribution in [-0.2, 0) is 10.0 Å². The Morgan fingerprint density at radius 1 is 1.07 bits per heavy atom. The molecular weight excluding hydrogens is 427 g/mol. The fourth-order valence-electron chi connectivity index (χ4n) is 2.67. The number of nitrogens with zero attached hydrogens (tertiary/aromatic N) is 3. The van der Waals surface area contributed by atoms with Crippen molar-refractivity contribution in [1.29, 1.82) is 0 Å². The van der Waals surface area contributed by atoms with E-state index in [-0.39, 0.29) is 16.4 Å². The van der Waals surface area contributed by atoms with Crippen molar-refractivity contribution in [2.24, 2.45) is 0 Å². The highest BCUT2D eigenvalue weighted by Gasteiger charge is 2.21. The minimum absolute atomic E-state index is 0.0682. The van der Waals surface area contributed by atoms with Crippen LogP contribution < -0.4 is 10.2 Å². The number of amides is 1. The summed E-state index contributed by atoms with van der Waals surface area (Å²) in [6, 6.07) is 10.4. The van der Waals surface area contributed by atoms with Crippen LogP contribution in [0.25, 0.3) is 10.6 Å². The minimum atomic E-state index is -3.66. The zero-order valence-electron chi connectivity index (χ0n) is 16.9. The lowest BCUT2D eigenvalue weighted by Gasteiger charge is -2.20. The molecule has 0 radical (unpaired) electrons. The molecule has 1 amide bonds. The number of sulfonamides is 1. The lowest BCUT2D eigenvalue weighted by Crippen LogP contribution is -2.23.